The highest BCUT2D eigenvalue weighted by atomic mass is 32.7. The topological polar surface area (TPSA) is 129 Å². The minimum atomic E-state index is -2.08. The first-order valence-corrected chi connectivity index (χ1v) is 9.42. The van der Waals surface area contributed by atoms with E-state index in [0.717, 1.165) is 0 Å². The number of nitrogens with one attached hydrogen (secondary N) is 1. The molecule has 9 nitrogen and oxygen atoms in total. The molecule has 1 unspecified atom stereocenters. The normalized spacial score (nSPS) is 25.7. The van der Waals surface area contributed by atoms with Crippen LogP contribution in [0.15, 0.2) is 4.79 Å². The SMILES string of the molecule is Nc1nc2c(nnn2[C@H]2C[C@@H](F)[C@@H](CO[P+](=O)S)S2)c(=O)[nH]1. The fraction of sp³-hybridized carbons (Fsp3) is 0.556. The molecule has 0 saturated carbocycles. The summed E-state index contributed by atoms with van der Waals surface area (Å²) in [6, 6.07) is 0. The highest BCUT2D eigenvalue weighted by Crippen LogP contribution is 2.44. The molecule has 4 atom stereocenters. The summed E-state index contributed by atoms with van der Waals surface area (Å²) in [5.74, 6) is -0.0622. The molecule has 3 rings (SSSR count). The third-order valence-electron chi connectivity index (χ3n) is 3.14. The number of nitrogens with two attached hydrogens (primary N) is 1. The van der Waals surface area contributed by atoms with E-state index in [-0.39, 0.29) is 30.1 Å². The largest absolute Gasteiger partial charge is 0.582 e. The summed E-state index contributed by atoms with van der Waals surface area (Å²) in [4.78, 5) is 18.0. The lowest BCUT2D eigenvalue weighted by molar-refractivity contribution is 0.250. The Bertz CT molecular complexity index is 784. The van der Waals surface area contributed by atoms with Gasteiger partial charge in [-0.3, -0.25) is 9.78 Å². The number of aromatic amines is 1. The first kappa shape index (κ1) is 15.7. The number of hydrogen-bond donors (Lipinski definition) is 3. The number of nitrogen functional groups attached to an aromatic ring is 1. The summed E-state index contributed by atoms with van der Waals surface area (Å²) in [6.45, 7) is -0.0240. The molecule has 3 heterocycles. The molecule has 0 radical (unpaired) electrons. The summed E-state index contributed by atoms with van der Waals surface area (Å²) in [7, 11) is -2.08. The van der Waals surface area contributed by atoms with Crippen LogP contribution >= 0.6 is 31.2 Å². The Labute approximate surface area is 133 Å². The van der Waals surface area contributed by atoms with E-state index >= 15 is 0 Å². The van der Waals surface area contributed by atoms with E-state index in [4.69, 9.17) is 10.3 Å². The molecule has 1 saturated heterocycles. The molecular weight excluding hydrogens is 354 g/mol. The van der Waals surface area contributed by atoms with Crippen molar-refractivity contribution in [2.24, 2.45) is 0 Å². The van der Waals surface area contributed by atoms with Crippen LogP contribution in [0.1, 0.15) is 11.8 Å². The van der Waals surface area contributed by atoms with Gasteiger partial charge in [-0.2, -0.15) is 4.98 Å². The fourth-order valence-electron chi connectivity index (χ4n) is 2.18. The van der Waals surface area contributed by atoms with E-state index in [0.29, 0.717) is 0 Å². The Hall–Kier alpha value is -1.23. The van der Waals surface area contributed by atoms with Crippen LogP contribution in [0.2, 0.25) is 0 Å². The maximum Gasteiger partial charge on any atom is 0.582 e. The van der Waals surface area contributed by atoms with Crippen molar-refractivity contribution in [3.05, 3.63) is 10.4 Å². The highest BCUT2D eigenvalue weighted by Gasteiger charge is 2.39. The molecule has 2 aromatic heterocycles. The number of alkyl halides is 1. The van der Waals surface area contributed by atoms with E-state index in [9.17, 15) is 13.8 Å². The number of nitrogens with zero attached hydrogens (tertiary/aromatic N) is 4. The van der Waals surface area contributed by atoms with Crippen molar-refractivity contribution in [1.82, 2.24) is 25.0 Å². The molecule has 22 heavy (non-hydrogen) atoms. The van der Waals surface area contributed by atoms with Gasteiger partial charge in [0.1, 0.15) is 30.4 Å². The predicted octanol–water partition coefficient (Wildman–Crippen LogP) is 1.04. The van der Waals surface area contributed by atoms with Crippen LogP contribution in [0.3, 0.4) is 0 Å². The lowest BCUT2D eigenvalue weighted by Gasteiger charge is -2.09. The van der Waals surface area contributed by atoms with Crippen molar-refractivity contribution < 1.29 is 13.5 Å². The Morgan fingerprint density at radius 3 is 3.14 bits per heavy atom. The molecule has 0 spiro atoms. The van der Waals surface area contributed by atoms with Gasteiger partial charge in [0.15, 0.2) is 11.2 Å². The number of anilines is 1. The van der Waals surface area contributed by atoms with Crippen molar-refractivity contribution in [2.75, 3.05) is 12.3 Å². The number of fused-ring (bicyclic) bond motifs is 1. The van der Waals surface area contributed by atoms with Gasteiger partial charge in [0.05, 0.1) is 5.25 Å². The lowest BCUT2D eigenvalue weighted by Crippen LogP contribution is -2.17. The summed E-state index contributed by atoms with van der Waals surface area (Å²) < 4.78 is 31.1. The zero-order valence-corrected chi connectivity index (χ0v) is 13.5. The number of aromatic nitrogens is 5. The molecule has 0 bridgehead atoms. The second-order valence-corrected chi connectivity index (χ2v) is 7.71. The van der Waals surface area contributed by atoms with E-state index in [1.165, 1.54) is 16.4 Å². The van der Waals surface area contributed by atoms with Gasteiger partial charge in [-0.25, -0.2) is 9.07 Å². The summed E-state index contributed by atoms with van der Waals surface area (Å²) in [5, 5.41) is 6.72. The standard InChI is InChI=1S/C9H10FN6O3PS2/c10-3-1-5(22-4(3)2-19-20(18)21)16-7-6(14-15-16)8(17)13-9(11)12-7/h3-5H,1-2H2,(H3-,11,12,13,15,17,18,21)/p+1/t3-,4-,5-/m1/s1. The highest BCUT2D eigenvalue weighted by molar-refractivity contribution is 8.39. The fourth-order valence-corrected chi connectivity index (χ4v) is 4.15. The van der Waals surface area contributed by atoms with E-state index < -0.39 is 29.6 Å². The third-order valence-corrected chi connectivity index (χ3v) is 5.34. The van der Waals surface area contributed by atoms with E-state index in [1.54, 1.807) is 0 Å². The van der Waals surface area contributed by atoms with Crippen molar-refractivity contribution in [1.29, 1.82) is 0 Å². The number of rotatable bonds is 4. The molecule has 13 heteroatoms. The molecule has 0 aromatic carbocycles. The van der Waals surface area contributed by atoms with Gasteiger partial charge < -0.3 is 5.73 Å². The first-order valence-electron chi connectivity index (χ1n) is 6.15. The molecular formula is C9H11FN6O3PS2+. The molecule has 1 aliphatic heterocycles. The van der Waals surface area contributed by atoms with Gasteiger partial charge in [-0.15, -0.1) is 21.4 Å². The minimum Gasteiger partial charge on any atom is -0.369 e. The van der Waals surface area contributed by atoms with Crippen LogP contribution in [0.25, 0.3) is 11.2 Å². The molecule has 0 amide bonds. The van der Waals surface area contributed by atoms with Crippen molar-refractivity contribution in [2.45, 2.75) is 23.2 Å². The average molecular weight is 365 g/mol. The summed E-state index contributed by atoms with van der Waals surface area (Å²) >= 11 is 4.87. The maximum atomic E-state index is 14.0. The van der Waals surface area contributed by atoms with Crippen LogP contribution in [0.4, 0.5) is 10.3 Å². The van der Waals surface area contributed by atoms with Gasteiger partial charge in [0, 0.05) is 6.42 Å². The quantitative estimate of drug-likeness (QED) is 0.541. The number of thiol groups is 1. The van der Waals surface area contributed by atoms with Gasteiger partial charge in [0.25, 0.3) is 5.56 Å². The molecule has 2 aromatic rings. The summed E-state index contributed by atoms with van der Waals surface area (Å²) in [5.41, 5.74) is 5.26. The lowest BCUT2D eigenvalue weighted by atomic mass is 10.2. The number of hydrogen-bond acceptors (Lipinski definition) is 8. The average Bonchev–Trinajstić information content (AvgIpc) is 3.00. The van der Waals surface area contributed by atoms with Gasteiger partial charge in [-0.05, 0) is 4.57 Å². The molecule has 0 aliphatic carbocycles. The Kier molecular flexibility index (Phi) is 4.35. The zero-order valence-electron chi connectivity index (χ0n) is 10.9. The molecule has 3 N–H and O–H groups in total. The maximum absolute atomic E-state index is 14.0. The second kappa shape index (κ2) is 6.11. The third kappa shape index (κ3) is 2.96. The Balaban J connectivity index is 1.86. The minimum absolute atomic E-state index is 0.0240. The number of halogens is 1. The van der Waals surface area contributed by atoms with Crippen LogP contribution in [0, 0.1) is 0 Å². The second-order valence-electron chi connectivity index (χ2n) is 4.57. The van der Waals surface area contributed by atoms with Gasteiger partial charge in [-0.1, -0.05) is 5.21 Å². The van der Waals surface area contributed by atoms with Crippen LogP contribution < -0.4 is 11.3 Å². The van der Waals surface area contributed by atoms with Crippen molar-refractivity contribution >= 4 is 48.4 Å². The number of thioether (sulfide) groups is 1. The van der Waals surface area contributed by atoms with Crippen LogP contribution in [-0.2, 0) is 9.09 Å². The van der Waals surface area contributed by atoms with Crippen LogP contribution in [0.5, 0.6) is 0 Å². The zero-order chi connectivity index (χ0) is 15.9. The van der Waals surface area contributed by atoms with Crippen LogP contribution in [-0.4, -0.2) is 43.0 Å². The van der Waals surface area contributed by atoms with Gasteiger partial charge >= 0.3 is 7.23 Å². The van der Waals surface area contributed by atoms with Crippen molar-refractivity contribution in [3.63, 3.8) is 0 Å². The molecule has 1 fully saturated rings. The predicted molar refractivity (Wildman–Crippen MR) is 82.8 cm³/mol. The number of H-pyrrole nitrogens is 1. The summed E-state index contributed by atoms with van der Waals surface area (Å²) in [6.07, 6.45) is -1.02. The van der Waals surface area contributed by atoms with Gasteiger partial charge in [0.2, 0.25) is 5.95 Å². The smallest absolute Gasteiger partial charge is 0.369 e. The monoisotopic (exact) mass is 365 g/mol. The van der Waals surface area contributed by atoms with E-state index in [1.807, 2.05) is 0 Å². The van der Waals surface area contributed by atoms with Crippen molar-refractivity contribution in [3.8, 4) is 0 Å². The molecule has 118 valence electrons. The Morgan fingerprint density at radius 2 is 2.41 bits per heavy atom. The Morgan fingerprint density at radius 1 is 1.64 bits per heavy atom. The first-order chi connectivity index (χ1) is 10.5. The molecule has 1 aliphatic rings. The van der Waals surface area contributed by atoms with E-state index in [2.05, 4.69) is 32.5 Å².